The number of nitrogens with one attached hydrogen (secondary N) is 1. The van der Waals surface area contributed by atoms with Gasteiger partial charge in [-0.2, -0.15) is 0 Å². The second-order valence-electron chi connectivity index (χ2n) is 5.24. The normalized spacial score (nSPS) is 20.7. The van der Waals surface area contributed by atoms with Crippen LogP contribution >= 0.6 is 15.9 Å². The van der Waals surface area contributed by atoms with Crippen molar-refractivity contribution >= 4 is 27.9 Å². The fourth-order valence-electron chi connectivity index (χ4n) is 1.43. The number of carbonyl (C=O) groups is 2. The molecule has 0 atom stereocenters. The first kappa shape index (κ1) is 12.5. The third kappa shape index (κ3) is 2.51. The first-order valence-corrected chi connectivity index (χ1v) is 6.02. The molecule has 3 amide bonds. The predicted molar refractivity (Wildman–Crippen MR) is 61.9 cm³/mol. The molecule has 15 heavy (non-hydrogen) atoms. The molecule has 1 heterocycles. The number of hydrogen-bond donors (Lipinski definition) is 1. The van der Waals surface area contributed by atoms with E-state index in [0.29, 0.717) is 6.54 Å². The highest BCUT2D eigenvalue weighted by Gasteiger charge is 2.45. The van der Waals surface area contributed by atoms with Crippen molar-refractivity contribution in [3.63, 3.8) is 0 Å². The van der Waals surface area contributed by atoms with Crippen molar-refractivity contribution in [2.75, 3.05) is 11.9 Å². The number of imide groups is 1. The van der Waals surface area contributed by atoms with Crippen LogP contribution in [0, 0.1) is 5.41 Å². The van der Waals surface area contributed by atoms with Gasteiger partial charge in [-0.25, -0.2) is 4.79 Å². The Bertz CT molecular complexity index is 300. The Morgan fingerprint density at radius 1 is 1.40 bits per heavy atom. The van der Waals surface area contributed by atoms with E-state index in [2.05, 4.69) is 21.2 Å². The first-order chi connectivity index (χ1) is 6.69. The second-order valence-corrected chi connectivity index (χ2v) is 5.81. The summed E-state index contributed by atoms with van der Waals surface area (Å²) in [5.74, 6) is -0.151. The van der Waals surface area contributed by atoms with Crippen LogP contribution in [0.2, 0.25) is 0 Å². The van der Waals surface area contributed by atoms with Gasteiger partial charge in [0.1, 0.15) is 5.54 Å². The van der Waals surface area contributed by atoms with E-state index in [9.17, 15) is 9.59 Å². The molecule has 0 unspecified atom stereocenters. The summed E-state index contributed by atoms with van der Waals surface area (Å²) in [6, 6.07) is -0.293. The highest BCUT2D eigenvalue weighted by molar-refractivity contribution is 9.09. The quantitative estimate of drug-likeness (QED) is 0.631. The van der Waals surface area contributed by atoms with Crippen LogP contribution in [-0.2, 0) is 4.79 Å². The van der Waals surface area contributed by atoms with E-state index in [1.54, 1.807) is 13.8 Å². The molecule has 1 N–H and O–H groups in total. The Morgan fingerprint density at radius 3 is 2.27 bits per heavy atom. The highest BCUT2D eigenvalue weighted by Crippen LogP contribution is 2.24. The van der Waals surface area contributed by atoms with E-state index in [1.807, 2.05) is 13.8 Å². The molecule has 1 fully saturated rings. The molecule has 1 rings (SSSR count). The molecule has 0 aromatic heterocycles. The van der Waals surface area contributed by atoms with Gasteiger partial charge < -0.3 is 5.32 Å². The number of hydrogen-bond acceptors (Lipinski definition) is 2. The summed E-state index contributed by atoms with van der Waals surface area (Å²) in [7, 11) is 0. The van der Waals surface area contributed by atoms with E-state index >= 15 is 0 Å². The summed E-state index contributed by atoms with van der Waals surface area (Å²) in [6.45, 7) is 7.89. The number of rotatable bonds is 3. The molecule has 1 aliphatic heterocycles. The average Bonchev–Trinajstić information content (AvgIpc) is 2.28. The minimum absolute atomic E-state index is 0.104. The van der Waals surface area contributed by atoms with Crippen LogP contribution in [0.15, 0.2) is 0 Å². The number of carbonyl (C=O) groups excluding carboxylic acids is 2. The fourth-order valence-corrected chi connectivity index (χ4v) is 1.61. The highest BCUT2D eigenvalue weighted by atomic mass is 79.9. The van der Waals surface area contributed by atoms with E-state index in [4.69, 9.17) is 0 Å². The molecule has 0 saturated carbocycles. The van der Waals surface area contributed by atoms with Crippen LogP contribution in [0.1, 0.15) is 27.7 Å². The van der Waals surface area contributed by atoms with Gasteiger partial charge in [0.25, 0.3) is 5.91 Å². The van der Waals surface area contributed by atoms with Crippen LogP contribution < -0.4 is 5.32 Å². The fraction of sp³-hybridized carbons (Fsp3) is 0.800. The SMILES string of the molecule is CC(C)(CBr)CN1C(=O)NC(C)(C)C1=O. The van der Waals surface area contributed by atoms with Crippen LogP contribution in [0.5, 0.6) is 0 Å². The van der Waals surface area contributed by atoms with Crippen LogP contribution in [0.25, 0.3) is 0 Å². The van der Waals surface area contributed by atoms with Crippen molar-refractivity contribution in [3.05, 3.63) is 0 Å². The van der Waals surface area contributed by atoms with Gasteiger partial charge in [0.05, 0.1) is 0 Å². The third-order valence-electron chi connectivity index (χ3n) is 2.39. The second kappa shape index (κ2) is 3.77. The van der Waals surface area contributed by atoms with Crippen molar-refractivity contribution < 1.29 is 9.59 Å². The maximum Gasteiger partial charge on any atom is 0.325 e. The number of alkyl halides is 1. The Balaban J connectivity index is 2.81. The molecular formula is C10H17BrN2O2. The van der Waals surface area contributed by atoms with E-state index in [0.717, 1.165) is 5.33 Å². The van der Waals surface area contributed by atoms with Gasteiger partial charge in [0, 0.05) is 11.9 Å². The molecule has 4 nitrogen and oxygen atoms in total. The van der Waals surface area contributed by atoms with Crippen molar-refractivity contribution in [2.45, 2.75) is 33.2 Å². The summed E-state index contributed by atoms with van der Waals surface area (Å²) in [4.78, 5) is 24.7. The molecule has 0 radical (unpaired) electrons. The van der Waals surface area contributed by atoms with Gasteiger partial charge >= 0.3 is 6.03 Å². The van der Waals surface area contributed by atoms with E-state index < -0.39 is 5.54 Å². The summed E-state index contributed by atoms with van der Waals surface area (Å²) in [5, 5.41) is 3.41. The largest absolute Gasteiger partial charge is 0.325 e. The topological polar surface area (TPSA) is 49.4 Å². The number of amides is 3. The maximum atomic E-state index is 11.9. The molecule has 0 aliphatic carbocycles. The zero-order chi connectivity index (χ0) is 11.9. The van der Waals surface area contributed by atoms with Gasteiger partial charge in [-0.05, 0) is 19.3 Å². The molecule has 1 saturated heterocycles. The lowest BCUT2D eigenvalue weighted by Crippen LogP contribution is -2.42. The zero-order valence-electron chi connectivity index (χ0n) is 9.56. The zero-order valence-corrected chi connectivity index (χ0v) is 11.1. The first-order valence-electron chi connectivity index (χ1n) is 4.90. The molecule has 1 aliphatic rings. The maximum absolute atomic E-state index is 11.9. The Kier molecular flexibility index (Phi) is 3.14. The molecular weight excluding hydrogens is 260 g/mol. The van der Waals surface area contributed by atoms with Crippen molar-refractivity contribution in [1.29, 1.82) is 0 Å². The van der Waals surface area contributed by atoms with Gasteiger partial charge in [-0.3, -0.25) is 9.69 Å². The lowest BCUT2D eigenvalue weighted by molar-refractivity contribution is -0.131. The van der Waals surface area contributed by atoms with Gasteiger partial charge in [0.2, 0.25) is 0 Å². The summed E-state index contributed by atoms with van der Waals surface area (Å²) < 4.78 is 0. The third-order valence-corrected chi connectivity index (χ3v) is 3.91. The Labute approximate surface area is 98.5 Å². The minimum atomic E-state index is -0.764. The summed E-state index contributed by atoms with van der Waals surface area (Å²) in [5.41, 5.74) is -0.868. The number of nitrogens with zero attached hydrogens (tertiary/aromatic N) is 1. The van der Waals surface area contributed by atoms with Crippen molar-refractivity contribution in [3.8, 4) is 0 Å². The monoisotopic (exact) mass is 276 g/mol. The van der Waals surface area contributed by atoms with Crippen LogP contribution in [-0.4, -0.2) is 34.3 Å². The minimum Gasteiger partial charge on any atom is -0.324 e. The summed E-state index contributed by atoms with van der Waals surface area (Å²) >= 11 is 3.38. The number of halogens is 1. The molecule has 5 heteroatoms. The van der Waals surface area contributed by atoms with Gasteiger partial charge in [0.15, 0.2) is 0 Å². The lowest BCUT2D eigenvalue weighted by Gasteiger charge is -2.26. The van der Waals surface area contributed by atoms with E-state index in [1.165, 1.54) is 4.90 Å². The van der Waals surface area contributed by atoms with Crippen molar-refractivity contribution in [1.82, 2.24) is 10.2 Å². The average molecular weight is 277 g/mol. The smallest absolute Gasteiger partial charge is 0.324 e. The lowest BCUT2D eigenvalue weighted by atomic mass is 9.95. The standard InChI is InChI=1S/C10H17BrN2O2/c1-9(2,5-11)6-13-7(14)10(3,4)12-8(13)15/h5-6H2,1-4H3,(H,12,15). The van der Waals surface area contributed by atoms with Crippen LogP contribution in [0.4, 0.5) is 4.79 Å². The molecule has 0 aromatic carbocycles. The summed E-state index contributed by atoms with van der Waals surface area (Å²) in [6.07, 6.45) is 0. The Morgan fingerprint density at radius 2 is 1.93 bits per heavy atom. The number of urea groups is 1. The van der Waals surface area contributed by atoms with Crippen molar-refractivity contribution in [2.24, 2.45) is 5.41 Å². The van der Waals surface area contributed by atoms with E-state index in [-0.39, 0.29) is 17.4 Å². The van der Waals surface area contributed by atoms with Gasteiger partial charge in [-0.15, -0.1) is 0 Å². The molecule has 0 aromatic rings. The molecule has 86 valence electrons. The Hall–Kier alpha value is -0.580. The molecule has 0 bridgehead atoms. The predicted octanol–water partition coefficient (Wildman–Crippen LogP) is 1.74. The van der Waals surface area contributed by atoms with Gasteiger partial charge in [-0.1, -0.05) is 29.8 Å². The molecule has 0 spiro atoms. The van der Waals surface area contributed by atoms with Crippen LogP contribution in [0.3, 0.4) is 0 Å².